The van der Waals surface area contributed by atoms with Gasteiger partial charge in [0, 0.05) is 19.0 Å². The van der Waals surface area contributed by atoms with E-state index in [2.05, 4.69) is 22.8 Å². The Bertz CT molecular complexity index is 580. The van der Waals surface area contributed by atoms with Crippen LogP contribution in [0.25, 0.3) is 0 Å². The van der Waals surface area contributed by atoms with Gasteiger partial charge in [0.1, 0.15) is 0 Å². The molecule has 0 aliphatic carbocycles. The molecule has 132 valence electrons. The van der Waals surface area contributed by atoms with E-state index in [1.807, 2.05) is 0 Å². The summed E-state index contributed by atoms with van der Waals surface area (Å²) in [5.41, 5.74) is 3.43. The molecule has 1 rings (SSSR count). The molecule has 0 saturated carbocycles. The molecule has 0 bridgehead atoms. The summed E-state index contributed by atoms with van der Waals surface area (Å²) >= 11 is 5.11. The van der Waals surface area contributed by atoms with Crippen LogP contribution in [0.1, 0.15) is 32.3 Å². The molecule has 24 heavy (non-hydrogen) atoms. The van der Waals surface area contributed by atoms with E-state index in [0.717, 1.165) is 19.4 Å². The van der Waals surface area contributed by atoms with Gasteiger partial charge >= 0.3 is 5.97 Å². The highest BCUT2D eigenvalue weighted by molar-refractivity contribution is 7.80. The van der Waals surface area contributed by atoms with E-state index in [1.54, 1.807) is 18.3 Å². The number of ether oxygens (including phenoxy) is 3. The lowest BCUT2D eigenvalue weighted by molar-refractivity contribution is -0.132. The summed E-state index contributed by atoms with van der Waals surface area (Å²) < 4.78 is 15.6. The van der Waals surface area contributed by atoms with Gasteiger partial charge < -0.3 is 19.5 Å². The standard InChI is InChI=1S/C16H23N3O4S/c1-5-6-7-17-16(24)19-18-10-12-8-13(21-3)15(23-11(2)20)14(9-12)22-4/h8-10H,5-7H2,1-4H3,(H2,17,19,24)/b18-10+. The predicted molar refractivity (Wildman–Crippen MR) is 97.1 cm³/mol. The maximum atomic E-state index is 11.2. The Morgan fingerprint density at radius 3 is 2.42 bits per heavy atom. The lowest BCUT2D eigenvalue weighted by atomic mass is 10.2. The number of esters is 1. The fraction of sp³-hybridized carbons (Fsp3) is 0.438. The largest absolute Gasteiger partial charge is 0.493 e. The predicted octanol–water partition coefficient (Wildman–Crippen LogP) is 2.23. The van der Waals surface area contributed by atoms with Crippen LogP contribution in [0.15, 0.2) is 17.2 Å². The second-order valence-corrected chi connectivity index (χ2v) is 5.24. The van der Waals surface area contributed by atoms with Crippen LogP contribution in [0.2, 0.25) is 0 Å². The summed E-state index contributed by atoms with van der Waals surface area (Å²) in [7, 11) is 2.96. The zero-order valence-corrected chi connectivity index (χ0v) is 15.2. The molecule has 1 aromatic rings. The second kappa shape index (κ2) is 10.4. The molecule has 0 saturated heterocycles. The molecule has 7 nitrogen and oxygen atoms in total. The minimum absolute atomic E-state index is 0.231. The van der Waals surface area contributed by atoms with E-state index in [-0.39, 0.29) is 5.75 Å². The van der Waals surface area contributed by atoms with E-state index < -0.39 is 5.97 Å². The van der Waals surface area contributed by atoms with Crippen molar-refractivity contribution in [3.8, 4) is 17.2 Å². The lowest BCUT2D eigenvalue weighted by Crippen LogP contribution is -2.32. The summed E-state index contributed by atoms with van der Waals surface area (Å²) in [6, 6.07) is 3.36. The highest BCUT2D eigenvalue weighted by Crippen LogP contribution is 2.38. The molecule has 0 aliphatic rings. The van der Waals surface area contributed by atoms with Crippen LogP contribution >= 0.6 is 12.2 Å². The summed E-state index contributed by atoms with van der Waals surface area (Å²) in [5.74, 6) is 0.511. The minimum Gasteiger partial charge on any atom is -0.493 e. The fourth-order valence-corrected chi connectivity index (χ4v) is 1.96. The summed E-state index contributed by atoms with van der Waals surface area (Å²) in [6.07, 6.45) is 3.70. The van der Waals surface area contributed by atoms with Crippen LogP contribution < -0.4 is 25.0 Å². The molecule has 0 radical (unpaired) electrons. The van der Waals surface area contributed by atoms with Crippen LogP contribution in [0.4, 0.5) is 0 Å². The van der Waals surface area contributed by atoms with Gasteiger partial charge in [-0.05, 0) is 30.8 Å². The number of nitrogens with one attached hydrogen (secondary N) is 2. The molecule has 0 atom stereocenters. The average molecular weight is 353 g/mol. The molecule has 0 heterocycles. The third-order valence-corrected chi connectivity index (χ3v) is 3.16. The Morgan fingerprint density at radius 1 is 1.29 bits per heavy atom. The van der Waals surface area contributed by atoms with Crippen molar-refractivity contribution < 1.29 is 19.0 Å². The zero-order valence-electron chi connectivity index (χ0n) is 14.3. The molecule has 1 aromatic carbocycles. The highest BCUT2D eigenvalue weighted by Gasteiger charge is 2.15. The van der Waals surface area contributed by atoms with Gasteiger partial charge in [0.25, 0.3) is 0 Å². The quantitative estimate of drug-likeness (QED) is 0.185. The summed E-state index contributed by atoms with van der Waals surface area (Å²) in [4.78, 5) is 11.2. The van der Waals surface area contributed by atoms with Gasteiger partial charge in [-0.1, -0.05) is 13.3 Å². The van der Waals surface area contributed by atoms with Crippen LogP contribution in [0.3, 0.4) is 0 Å². The van der Waals surface area contributed by atoms with Crippen molar-refractivity contribution in [1.82, 2.24) is 10.7 Å². The molecule has 8 heteroatoms. The third kappa shape index (κ3) is 6.41. The van der Waals surface area contributed by atoms with Crippen LogP contribution in [0, 0.1) is 0 Å². The Labute approximate surface area is 147 Å². The van der Waals surface area contributed by atoms with Crippen molar-refractivity contribution in [3.63, 3.8) is 0 Å². The number of nitrogens with zero attached hydrogens (tertiary/aromatic N) is 1. The number of unbranched alkanes of at least 4 members (excludes halogenated alkanes) is 1. The first-order chi connectivity index (χ1) is 11.5. The number of carbonyl (C=O) groups excluding carboxylic acids is 1. The molecule has 0 aliphatic heterocycles. The monoisotopic (exact) mass is 353 g/mol. The molecule has 0 spiro atoms. The molecule has 0 amide bonds. The molecule has 0 fully saturated rings. The average Bonchev–Trinajstić information content (AvgIpc) is 2.55. The van der Waals surface area contributed by atoms with Crippen molar-refractivity contribution in [2.75, 3.05) is 20.8 Å². The van der Waals surface area contributed by atoms with Crippen molar-refractivity contribution in [2.45, 2.75) is 26.7 Å². The van der Waals surface area contributed by atoms with E-state index in [1.165, 1.54) is 21.1 Å². The topological polar surface area (TPSA) is 81.2 Å². The number of benzene rings is 1. The summed E-state index contributed by atoms with van der Waals surface area (Å²) in [6.45, 7) is 4.22. The first-order valence-electron chi connectivity index (χ1n) is 7.53. The normalized spacial score (nSPS) is 10.3. The van der Waals surface area contributed by atoms with Gasteiger partial charge in [0.05, 0.1) is 20.4 Å². The Kier molecular flexibility index (Phi) is 8.56. The Morgan fingerprint density at radius 2 is 1.92 bits per heavy atom. The van der Waals surface area contributed by atoms with Crippen molar-refractivity contribution in [3.05, 3.63) is 17.7 Å². The van der Waals surface area contributed by atoms with Crippen LogP contribution in [0.5, 0.6) is 17.2 Å². The van der Waals surface area contributed by atoms with Gasteiger partial charge in [0.2, 0.25) is 5.75 Å². The number of hydrogen-bond donors (Lipinski definition) is 2. The van der Waals surface area contributed by atoms with E-state index in [0.29, 0.717) is 22.2 Å². The number of carbonyl (C=O) groups is 1. The molecular formula is C16H23N3O4S. The first kappa shape index (κ1) is 19.7. The Hall–Kier alpha value is -2.35. The maximum Gasteiger partial charge on any atom is 0.308 e. The maximum absolute atomic E-state index is 11.2. The number of thiocarbonyl (C=S) groups is 1. The zero-order chi connectivity index (χ0) is 17.9. The number of hydrazone groups is 1. The molecule has 0 aromatic heterocycles. The van der Waals surface area contributed by atoms with Crippen molar-refractivity contribution in [1.29, 1.82) is 0 Å². The smallest absolute Gasteiger partial charge is 0.308 e. The SMILES string of the molecule is CCCCNC(=S)N/N=C/c1cc(OC)c(OC(C)=O)c(OC)c1. The highest BCUT2D eigenvalue weighted by atomic mass is 32.1. The third-order valence-electron chi connectivity index (χ3n) is 2.92. The minimum atomic E-state index is -0.460. The van der Waals surface area contributed by atoms with Crippen molar-refractivity contribution >= 4 is 29.5 Å². The van der Waals surface area contributed by atoms with E-state index in [9.17, 15) is 4.79 Å². The van der Waals surface area contributed by atoms with Crippen molar-refractivity contribution in [2.24, 2.45) is 5.10 Å². The number of rotatable bonds is 8. The van der Waals surface area contributed by atoms with Gasteiger partial charge in [-0.3, -0.25) is 10.2 Å². The number of hydrogen-bond acceptors (Lipinski definition) is 6. The van der Waals surface area contributed by atoms with E-state index >= 15 is 0 Å². The lowest BCUT2D eigenvalue weighted by Gasteiger charge is -2.13. The van der Waals surface area contributed by atoms with Gasteiger partial charge in [-0.25, -0.2) is 0 Å². The van der Waals surface area contributed by atoms with Crippen LogP contribution in [-0.2, 0) is 4.79 Å². The first-order valence-corrected chi connectivity index (χ1v) is 7.94. The van der Waals surface area contributed by atoms with E-state index in [4.69, 9.17) is 26.4 Å². The second-order valence-electron chi connectivity index (χ2n) is 4.83. The van der Waals surface area contributed by atoms with Gasteiger partial charge in [0.15, 0.2) is 16.6 Å². The summed E-state index contributed by atoms with van der Waals surface area (Å²) in [5, 5.41) is 7.56. The Balaban J connectivity index is 2.83. The molecule has 2 N–H and O–H groups in total. The van der Waals surface area contributed by atoms with Crippen LogP contribution in [-0.4, -0.2) is 38.1 Å². The molecule has 0 unspecified atom stereocenters. The van der Waals surface area contributed by atoms with Gasteiger partial charge in [-0.15, -0.1) is 0 Å². The molecular weight excluding hydrogens is 330 g/mol. The fourth-order valence-electron chi connectivity index (χ4n) is 1.80. The number of methoxy groups -OCH3 is 2. The van der Waals surface area contributed by atoms with Gasteiger partial charge in [-0.2, -0.15) is 5.10 Å².